The van der Waals surface area contributed by atoms with E-state index in [-0.39, 0.29) is 18.6 Å². The number of fused-ring (bicyclic) bond motifs is 1. The molecule has 1 amide bonds. The monoisotopic (exact) mass is 305 g/mol. The van der Waals surface area contributed by atoms with Crippen LogP contribution in [-0.2, 0) is 17.8 Å². The second kappa shape index (κ2) is 6.66. The highest BCUT2D eigenvalue weighted by atomic mass is 16.5. The zero-order valence-electron chi connectivity index (χ0n) is 12.2. The van der Waals surface area contributed by atoms with Crippen LogP contribution >= 0.6 is 0 Å². The summed E-state index contributed by atoms with van der Waals surface area (Å²) in [6, 6.07) is 5.16. The van der Waals surface area contributed by atoms with Crippen molar-refractivity contribution in [3.05, 3.63) is 29.3 Å². The van der Waals surface area contributed by atoms with Crippen molar-refractivity contribution in [2.45, 2.75) is 25.0 Å². The molecule has 1 fully saturated rings. The maximum atomic E-state index is 12.2. The Bertz CT molecular complexity index is 551. The summed E-state index contributed by atoms with van der Waals surface area (Å²) in [5.74, 6) is -0.139. The molecule has 22 heavy (non-hydrogen) atoms. The van der Waals surface area contributed by atoms with Gasteiger partial charge in [-0.2, -0.15) is 0 Å². The summed E-state index contributed by atoms with van der Waals surface area (Å²) in [5, 5.41) is 28.6. The number of aliphatic hydroxyl groups excluding tert-OH is 1. The molecular weight excluding hydrogens is 285 g/mol. The van der Waals surface area contributed by atoms with Gasteiger partial charge in [0.2, 0.25) is 5.91 Å². The van der Waals surface area contributed by atoms with Crippen molar-refractivity contribution in [3.63, 3.8) is 0 Å². The Hall–Kier alpha value is -1.61. The summed E-state index contributed by atoms with van der Waals surface area (Å²) in [6.45, 7) is 2.01. The van der Waals surface area contributed by atoms with E-state index in [0.717, 1.165) is 18.7 Å². The van der Waals surface area contributed by atoms with Gasteiger partial charge in [0, 0.05) is 25.2 Å². The van der Waals surface area contributed by atoms with Gasteiger partial charge in [0.15, 0.2) is 0 Å². The molecule has 8 heteroatoms. The molecule has 2 unspecified atom stereocenters. The standard InChI is InChI=1S/C14H20BN3O4/c19-8-10-3-1-2-9-6-12(15(21)22-13(9)10)18-14(20)11-7-16-4-5-17-11/h1-3,11-12,16-17,19,21H,4-8H2,(H,18,20). The number of carbonyl (C=O) groups is 1. The zero-order chi connectivity index (χ0) is 15.5. The normalized spacial score (nSPS) is 24.4. The SMILES string of the molecule is O=C(NC1Cc2cccc(CO)c2OB1O)C1CNCCN1. The lowest BCUT2D eigenvalue weighted by Crippen LogP contribution is -2.61. The van der Waals surface area contributed by atoms with Gasteiger partial charge in [-0.25, -0.2) is 0 Å². The second-order valence-corrected chi connectivity index (χ2v) is 5.60. The number of rotatable bonds is 3. The minimum atomic E-state index is -1.12. The maximum absolute atomic E-state index is 12.2. The first-order valence-electron chi connectivity index (χ1n) is 7.50. The minimum Gasteiger partial charge on any atom is -0.534 e. The lowest BCUT2D eigenvalue weighted by atomic mass is 9.72. The number of nitrogens with one attached hydrogen (secondary N) is 3. The molecule has 1 aromatic carbocycles. The minimum absolute atomic E-state index is 0.148. The van der Waals surface area contributed by atoms with E-state index in [2.05, 4.69) is 16.0 Å². The fraction of sp³-hybridized carbons (Fsp3) is 0.500. The summed E-state index contributed by atoms with van der Waals surface area (Å²) < 4.78 is 5.50. The number of hydrogen-bond donors (Lipinski definition) is 5. The van der Waals surface area contributed by atoms with Crippen LogP contribution in [0.4, 0.5) is 0 Å². The number of amides is 1. The van der Waals surface area contributed by atoms with E-state index < -0.39 is 13.1 Å². The molecule has 2 aliphatic heterocycles. The molecule has 2 aliphatic rings. The molecule has 5 N–H and O–H groups in total. The van der Waals surface area contributed by atoms with E-state index in [0.29, 0.717) is 24.3 Å². The van der Waals surface area contributed by atoms with Crippen molar-refractivity contribution < 1.29 is 19.6 Å². The first-order chi connectivity index (χ1) is 10.7. The fourth-order valence-corrected chi connectivity index (χ4v) is 2.86. The molecular formula is C14H20BN3O4. The van der Waals surface area contributed by atoms with Gasteiger partial charge in [0.05, 0.1) is 18.6 Å². The van der Waals surface area contributed by atoms with Crippen molar-refractivity contribution >= 4 is 13.0 Å². The van der Waals surface area contributed by atoms with Gasteiger partial charge in [-0.3, -0.25) is 4.79 Å². The highest BCUT2D eigenvalue weighted by Gasteiger charge is 2.37. The van der Waals surface area contributed by atoms with Gasteiger partial charge in [-0.05, 0) is 12.0 Å². The summed E-state index contributed by atoms with van der Waals surface area (Å²) in [6.07, 6.45) is 0.468. The van der Waals surface area contributed by atoms with Crippen molar-refractivity contribution in [3.8, 4) is 5.75 Å². The molecule has 1 aromatic rings. The lowest BCUT2D eigenvalue weighted by Gasteiger charge is -2.31. The highest BCUT2D eigenvalue weighted by molar-refractivity contribution is 6.46. The van der Waals surface area contributed by atoms with Crippen LogP contribution in [0.25, 0.3) is 0 Å². The first kappa shape index (κ1) is 15.3. The third kappa shape index (κ3) is 3.10. The average molecular weight is 305 g/mol. The third-order valence-electron chi connectivity index (χ3n) is 4.06. The van der Waals surface area contributed by atoms with Crippen LogP contribution in [0.2, 0.25) is 0 Å². The van der Waals surface area contributed by atoms with Gasteiger partial charge in [0.1, 0.15) is 5.75 Å². The number of benzene rings is 1. The first-order valence-corrected chi connectivity index (χ1v) is 7.50. The molecule has 0 saturated carbocycles. The van der Waals surface area contributed by atoms with Crippen LogP contribution in [0.1, 0.15) is 11.1 Å². The molecule has 0 radical (unpaired) electrons. The molecule has 0 aliphatic carbocycles. The Morgan fingerprint density at radius 3 is 3.05 bits per heavy atom. The van der Waals surface area contributed by atoms with E-state index in [1.807, 2.05) is 12.1 Å². The Balaban J connectivity index is 1.69. The van der Waals surface area contributed by atoms with Crippen LogP contribution < -0.4 is 20.6 Å². The van der Waals surface area contributed by atoms with Crippen LogP contribution in [0.5, 0.6) is 5.75 Å². The summed E-state index contributed by atoms with van der Waals surface area (Å²) in [4.78, 5) is 12.2. The molecule has 0 aromatic heterocycles. The predicted molar refractivity (Wildman–Crippen MR) is 81.3 cm³/mol. The lowest BCUT2D eigenvalue weighted by molar-refractivity contribution is -0.123. The number of para-hydroxylation sites is 1. The van der Waals surface area contributed by atoms with Gasteiger partial charge in [0.25, 0.3) is 0 Å². The van der Waals surface area contributed by atoms with Gasteiger partial charge < -0.3 is 30.7 Å². The summed E-state index contributed by atoms with van der Waals surface area (Å²) in [5.41, 5.74) is 1.51. The smallest absolute Gasteiger partial charge is 0.534 e. The summed E-state index contributed by atoms with van der Waals surface area (Å²) >= 11 is 0. The van der Waals surface area contributed by atoms with E-state index >= 15 is 0 Å². The molecule has 2 atom stereocenters. The Morgan fingerprint density at radius 1 is 1.45 bits per heavy atom. The summed E-state index contributed by atoms with van der Waals surface area (Å²) in [7, 11) is -1.12. The van der Waals surface area contributed by atoms with Gasteiger partial charge in [-0.15, -0.1) is 0 Å². The fourth-order valence-electron chi connectivity index (χ4n) is 2.86. The molecule has 3 rings (SSSR count). The highest BCUT2D eigenvalue weighted by Crippen LogP contribution is 2.30. The molecule has 7 nitrogen and oxygen atoms in total. The largest absolute Gasteiger partial charge is 0.547 e. The van der Waals surface area contributed by atoms with E-state index in [1.54, 1.807) is 6.07 Å². The quantitative estimate of drug-likeness (QED) is 0.421. The molecule has 2 heterocycles. The van der Waals surface area contributed by atoms with E-state index in [1.165, 1.54) is 0 Å². The Kier molecular flexibility index (Phi) is 4.63. The van der Waals surface area contributed by atoms with E-state index in [4.69, 9.17) is 4.65 Å². The number of aliphatic hydroxyl groups is 1. The molecule has 118 valence electrons. The number of hydrogen-bond acceptors (Lipinski definition) is 6. The molecule has 0 bridgehead atoms. The van der Waals surface area contributed by atoms with Gasteiger partial charge >= 0.3 is 7.12 Å². The Labute approximate surface area is 129 Å². The molecule has 0 spiro atoms. The predicted octanol–water partition coefficient (Wildman–Crippen LogP) is -1.82. The van der Waals surface area contributed by atoms with Gasteiger partial charge in [-0.1, -0.05) is 18.2 Å². The Morgan fingerprint density at radius 2 is 2.32 bits per heavy atom. The average Bonchev–Trinajstić information content (AvgIpc) is 2.56. The topological polar surface area (TPSA) is 103 Å². The van der Waals surface area contributed by atoms with Crippen molar-refractivity contribution in [2.24, 2.45) is 0 Å². The van der Waals surface area contributed by atoms with Crippen molar-refractivity contribution in [2.75, 3.05) is 19.6 Å². The van der Waals surface area contributed by atoms with Crippen LogP contribution in [-0.4, -0.2) is 54.8 Å². The second-order valence-electron chi connectivity index (χ2n) is 5.60. The maximum Gasteiger partial charge on any atom is 0.547 e. The van der Waals surface area contributed by atoms with E-state index in [9.17, 15) is 14.9 Å². The number of piperazine rings is 1. The number of carbonyl (C=O) groups excluding carboxylic acids is 1. The van der Waals surface area contributed by atoms with Crippen LogP contribution in [0, 0.1) is 0 Å². The molecule has 1 saturated heterocycles. The zero-order valence-corrected chi connectivity index (χ0v) is 12.2. The van der Waals surface area contributed by atoms with Crippen LogP contribution in [0.3, 0.4) is 0 Å². The van der Waals surface area contributed by atoms with Crippen molar-refractivity contribution in [1.29, 1.82) is 0 Å². The third-order valence-corrected chi connectivity index (χ3v) is 4.06. The van der Waals surface area contributed by atoms with Crippen molar-refractivity contribution in [1.82, 2.24) is 16.0 Å². The van der Waals surface area contributed by atoms with Crippen LogP contribution in [0.15, 0.2) is 18.2 Å².